The maximum atomic E-state index is 11.8. The van der Waals surface area contributed by atoms with E-state index in [9.17, 15) is 18.0 Å². The highest BCUT2D eigenvalue weighted by atomic mass is 32.2. The Kier molecular flexibility index (Phi) is 6.51. The monoisotopic (exact) mass is 330 g/mol. The summed E-state index contributed by atoms with van der Waals surface area (Å²) in [6.45, 7) is 3.92. The first-order chi connectivity index (χ1) is 10.3. The number of rotatable bonds is 7. The van der Waals surface area contributed by atoms with Gasteiger partial charge in [-0.25, -0.2) is 9.59 Å². The highest BCUT2D eigenvalue weighted by molar-refractivity contribution is 7.85. The number of carbonyl (C=O) groups excluding carboxylic acids is 2. The third kappa shape index (κ3) is 5.12. The van der Waals surface area contributed by atoms with Crippen LogP contribution in [0.25, 0.3) is 0 Å². The van der Waals surface area contributed by atoms with Crippen molar-refractivity contribution in [3.8, 4) is 0 Å². The van der Waals surface area contributed by atoms with Crippen molar-refractivity contribution in [3.05, 3.63) is 29.3 Å². The molecule has 0 bridgehead atoms. The van der Waals surface area contributed by atoms with Crippen molar-refractivity contribution in [2.45, 2.75) is 31.6 Å². The Morgan fingerprint density at radius 3 is 1.68 bits per heavy atom. The molecule has 1 aromatic carbocycles. The van der Waals surface area contributed by atoms with Crippen LogP contribution >= 0.6 is 0 Å². The van der Waals surface area contributed by atoms with Crippen LogP contribution in [0.4, 0.5) is 0 Å². The van der Waals surface area contributed by atoms with E-state index in [1.807, 2.05) is 0 Å². The Labute approximate surface area is 129 Å². The largest absolute Gasteiger partial charge is 0.462 e. The summed E-state index contributed by atoms with van der Waals surface area (Å²) in [7, 11) is -4.57. The van der Waals surface area contributed by atoms with Crippen molar-refractivity contribution in [2.75, 3.05) is 13.2 Å². The minimum absolute atomic E-state index is 0.146. The predicted octanol–water partition coefficient (Wildman–Crippen LogP) is 2.07. The summed E-state index contributed by atoms with van der Waals surface area (Å²) in [5.74, 6) is -1.56. The van der Waals surface area contributed by atoms with Crippen LogP contribution in [0.1, 0.15) is 47.4 Å². The number of ether oxygens (including phenoxy) is 2. The molecule has 0 radical (unpaired) electrons. The second-order valence-corrected chi connectivity index (χ2v) is 5.91. The van der Waals surface area contributed by atoms with Gasteiger partial charge in [-0.3, -0.25) is 4.55 Å². The van der Waals surface area contributed by atoms with Gasteiger partial charge in [-0.2, -0.15) is 8.42 Å². The van der Waals surface area contributed by atoms with Crippen molar-refractivity contribution in [1.82, 2.24) is 0 Å². The van der Waals surface area contributed by atoms with Crippen LogP contribution in [0.3, 0.4) is 0 Å². The standard InChI is InChI=1S/C14H18O7S/c1-3-5-20-13(15)10-7-11(14(16)21-6-4-2)9-12(8-10)22(17,18)19/h7-9H,3-6H2,1-2H3,(H,17,18,19). The van der Waals surface area contributed by atoms with Crippen molar-refractivity contribution >= 4 is 22.1 Å². The third-order valence-corrected chi connectivity index (χ3v) is 3.38. The normalized spacial score (nSPS) is 11.0. The number of carbonyl (C=O) groups is 2. The molecule has 0 heterocycles. The molecule has 0 saturated carbocycles. The van der Waals surface area contributed by atoms with Crippen LogP contribution in [0.5, 0.6) is 0 Å². The van der Waals surface area contributed by atoms with Gasteiger partial charge in [0, 0.05) is 0 Å². The van der Waals surface area contributed by atoms with E-state index in [4.69, 9.17) is 14.0 Å². The number of hydrogen-bond donors (Lipinski definition) is 1. The second-order valence-electron chi connectivity index (χ2n) is 4.49. The lowest BCUT2D eigenvalue weighted by atomic mass is 10.1. The average Bonchev–Trinajstić information content (AvgIpc) is 2.48. The van der Waals surface area contributed by atoms with E-state index in [1.54, 1.807) is 13.8 Å². The van der Waals surface area contributed by atoms with Gasteiger partial charge in [-0.05, 0) is 31.0 Å². The maximum absolute atomic E-state index is 11.8. The van der Waals surface area contributed by atoms with Gasteiger partial charge in [-0.1, -0.05) is 13.8 Å². The average molecular weight is 330 g/mol. The molecule has 7 nitrogen and oxygen atoms in total. The minimum atomic E-state index is -4.57. The molecule has 0 aliphatic rings. The van der Waals surface area contributed by atoms with Gasteiger partial charge in [0.2, 0.25) is 0 Å². The van der Waals surface area contributed by atoms with Crippen LogP contribution in [0.15, 0.2) is 23.1 Å². The molecule has 1 aromatic rings. The molecule has 22 heavy (non-hydrogen) atoms. The van der Waals surface area contributed by atoms with Gasteiger partial charge in [0.05, 0.1) is 29.2 Å². The topological polar surface area (TPSA) is 107 Å². The van der Waals surface area contributed by atoms with E-state index < -0.39 is 27.0 Å². The summed E-state index contributed by atoms with van der Waals surface area (Å²) in [5.41, 5.74) is -0.293. The summed E-state index contributed by atoms with van der Waals surface area (Å²) in [4.78, 5) is 23.1. The molecule has 0 atom stereocenters. The van der Waals surface area contributed by atoms with Crippen molar-refractivity contribution < 1.29 is 32.0 Å². The van der Waals surface area contributed by atoms with Crippen molar-refractivity contribution in [3.63, 3.8) is 0 Å². The highest BCUT2D eigenvalue weighted by Gasteiger charge is 2.19. The summed E-state index contributed by atoms with van der Waals surface area (Å²) in [6.07, 6.45) is 1.18. The van der Waals surface area contributed by atoms with E-state index in [1.165, 1.54) is 6.07 Å². The van der Waals surface area contributed by atoms with Gasteiger partial charge >= 0.3 is 11.9 Å². The summed E-state index contributed by atoms with van der Waals surface area (Å²) in [6, 6.07) is 3.07. The molecular formula is C14H18O7S. The van der Waals surface area contributed by atoms with Gasteiger partial charge in [0.25, 0.3) is 10.1 Å². The van der Waals surface area contributed by atoms with Crippen LogP contribution in [-0.4, -0.2) is 38.1 Å². The number of benzene rings is 1. The predicted molar refractivity (Wildman–Crippen MR) is 77.4 cm³/mol. The SMILES string of the molecule is CCCOC(=O)c1cc(C(=O)OCCC)cc(S(=O)(=O)O)c1. The molecule has 0 aliphatic carbocycles. The van der Waals surface area contributed by atoms with Gasteiger partial charge in [0.15, 0.2) is 0 Å². The lowest BCUT2D eigenvalue weighted by Crippen LogP contribution is -2.12. The lowest BCUT2D eigenvalue weighted by molar-refractivity contribution is 0.0503. The first kappa shape index (κ1) is 18.1. The summed E-state index contributed by atoms with van der Waals surface area (Å²) < 4.78 is 41.4. The Morgan fingerprint density at radius 1 is 0.955 bits per heavy atom. The smallest absolute Gasteiger partial charge is 0.338 e. The molecule has 0 fully saturated rings. The number of esters is 2. The first-order valence-corrected chi connectivity index (χ1v) is 8.20. The zero-order chi connectivity index (χ0) is 16.8. The highest BCUT2D eigenvalue weighted by Crippen LogP contribution is 2.17. The van der Waals surface area contributed by atoms with Crippen LogP contribution in [0.2, 0.25) is 0 Å². The van der Waals surface area contributed by atoms with Gasteiger partial charge < -0.3 is 9.47 Å². The molecule has 1 N–H and O–H groups in total. The molecule has 0 spiro atoms. The van der Waals surface area contributed by atoms with Gasteiger partial charge in [-0.15, -0.1) is 0 Å². The molecular weight excluding hydrogens is 312 g/mol. The van der Waals surface area contributed by atoms with Crippen molar-refractivity contribution in [1.29, 1.82) is 0 Å². The first-order valence-electron chi connectivity index (χ1n) is 6.76. The quantitative estimate of drug-likeness (QED) is 0.602. The van der Waals surface area contributed by atoms with Crippen LogP contribution in [-0.2, 0) is 19.6 Å². The molecule has 0 saturated heterocycles. The molecule has 0 aliphatic heterocycles. The molecule has 0 amide bonds. The van der Waals surface area contributed by atoms with Crippen LogP contribution < -0.4 is 0 Å². The fourth-order valence-corrected chi connectivity index (χ4v) is 2.09. The molecule has 0 unspecified atom stereocenters. The Hall–Kier alpha value is -1.93. The molecule has 8 heteroatoms. The zero-order valence-corrected chi connectivity index (χ0v) is 13.2. The lowest BCUT2D eigenvalue weighted by Gasteiger charge is -2.08. The summed E-state index contributed by atoms with van der Waals surface area (Å²) >= 11 is 0. The zero-order valence-electron chi connectivity index (χ0n) is 12.4. The Morgan fingerprint density at radius 2 is 1.36 bits per heavy atom. The van der Waals surface area contributed by atoms with E-state index in [0.29, 0.717) is 12.8 Å². The van der Waals surface area contributed by atoms with E-state index in [2.05, 4.69) is 0 Å². The molecule has 122 valence electrons. The van der Waals surface area contributed by atoms with Crippen molar-refractivity contribution in [2.24, 2.45) is 0 Å². The maximum Gasteiger partial charge on any atom is 0.338 e. The molecule has 0 aromatic heterocycles. The Balaban J connectivity index is 3.22. The molecule has 1 rings (SSSR count). The van der Waals surface area contributed by atoms with Crippen LogP contribution in [0, 0.1) is 0 Å². The minimum Gasteiger partial charge on any atom is -0.462 e. The second kappa shape index (κ2) is 7.90. The van der Waals surface area contributed by atoms with E-state index in [-0.39, 0.29) is 24.3 Å². The fourth-order valence-electron chi connectivity index (χ4n) is 1.54. The third-order valence-electron chi connectivity index (χ3n) is 2.55. The fraction of sp³-hybridized carbons (Fsp3) is 0.429. The van der Waals surface area contributed by atoms with E-state index in [0.717, 1.165) is 12.1 Å². The van der Waals surface area contributed by atoms with E-state index >= 15 is 0 Å². The summed E-state index contributed by atoms with van der Waals surface area (Å²) in [5, 5.41) is 0. The van der Waals surface area contributed by atoms with Gasteiger partial charge in [0.1, 0.15) is 0 Å². The number of hydrogen-bond acceptors (Lipinski definition) is 6. The Bertz CT molecular complexity index is 611.